The molecule has 0 saturated heterocycles. The molecule has 0 aliphatic carbocycles. The van der Waals surface area contributed by atoms with Crippen LogP contribution >= 0.6 is 8.02 Å². The third-order valence-corrected chi connectivity index (χ3v) is 0. The predicted octanol–water partition coefficient (Wildman–Crippen LogP) is 0.475. The van der Waals surface area contributed by atoms with Crippen molar-refractivity contribution in [3.63, 3.8) is 0 Å². The third kappa shape index (κ3) is 9.42. The van der Waals surface area contributed by atoms with E-state index in [-0.39, 0.29) is 36.2 Å². The van der Waals surface area contributed by atoms with Gasteiger partial charge in [-0.1, -0.05) is 0 Å². The summed E-state index contributed by atoms with van der Waals surface area (Å²) >= 11 is 3.78. The Kier molecular flexibility index (Phi) is 99.0. The van der Waals surface area contributed by atoms with E-state index in [1.54, 1.807) is 0 Å². The molecule has 0 N–H and O–H groups in total. The summed E-state index contributed by atoms with van der Waals surface area (Å²) in [5, 5.41) is 0. The van der Waals surface area contributed by atoms with Crippen LogP contribution in [0.15, 0.2) is 0 Å². The van der Waals surface area contributed by atoms with Crippen LogP contribution in [0.1, 0.15) is 0 Å². The van der Waals surface area contributed by atoms with Crippen molar-refractivity contribution in [1.82, 2.24) is 0 Å². The van der Waals surface area contributed by atoms with Crippen LogP contribution in [0, 0.1) is 0 Å². The van der Waals surface area contributed by atoms with Gasteiger partial charge in [-0.3, -0.25) is 0 Å². The zero-order valence-electron chi connectivity index (χ0n) is 2.26. The van der Waals surface area contributed by atoms with Crippen LogP contribution in [-0.4, -0.2) is 18.9 Å². The molecule has 0 rings (SSSR count). The molecule has 0 heterocycles. The molecule has 4 heteroatoms. The second-order valence-electron chi connectivity index (χ2n) is 0. The molecule has 0 spiro atoms. The molecule has 4 heavy (non-hydrogen) atoms. The van der Waals surface area contributed by atoms with Gasteiger partial charge in [0.25, 0.3) is 0 Å². The fourth-order valence-corrected chi connectivity index (χ4v) is 0. The van der Waals surface area contributed by atoms with Gasteiger partial charge in [-0.05, 0) is 11.8 Å². The van der Waals surface area contributed by atoms with E-state index in [4.69, 9.17) is 0 Å². The Hall–Kier alpha value is 1.65. The first-order valence-electron chi connectivity index (χ1n) is 0.183. The minimum atomic E-state index is 0. The Morgan fingerprint density at radius 3 is 1.25 bits per heavy atom. The molecular weight excluding hydrogens is 122 g/mol. The topological polar surface area (TPSA) is 0 Å². The van der Waals surface area contributed by atoms with Gasteiger partial charge in [0.15, 0.2) is 0 Å². The van der Waals surface area contributed by atoms with Crippen molar-refractivity contribution >= 4 is 38.7 Å². The molecule has 0 saturated carbocycles. The summed E-state index contributed by atoms with van der Waals surface area (Å²) in [4.78, 5) is 0. The van der Waals surface area contributed by atoms with Gasteiger partial charge < -0.3 is 0 Å². The third-order valence-electron chi connectivity index (χ3n) is 0. The van der Waals surface area contributed by atoms with E-state index in [2.05, 4.69) is 19.8 Å². The van der Waals surface area contributed by atoms with Crippen molar-refractivity contribution in [3.05, 3.63) is 0 Å². The molecule has 0 aromatic rings. The molecule has 0 aliphatic rings. The SMILES string of the molecule is [Cr].[Li].[P]=S. The van der Waals surface area contributed by atoms with Gasteiger partial charge in [0.1, 0.15) is 0 Å². The van der Waals surface area contributed by atoms with E-state index in [0.717, 1.165) is 0 Å². The van der Waals surface area contributed by atoms with Crippen molar-refractivity contribution in [3.8, 4) is 0 Å². The standard InChI is InChI=1S/Cr.Li.PS/c;;1-2. The minimum Gasteiger partial charge on any atom is -0.0464 e. The number of hydrogen-bond acceptors (Lipinski definition) is 1. The van der Waals surface area contributed by atoms with Crippen molar-refractivity contribution in [2.75, 3.05) is 0 Å². The molecule has 0 aromatic heterocycles. The molecule has 0 atom stereocenters. The normalized spacial score (nSPS) is 1.00. The molecule has 2 radical (unpaired) electrons. The minimum absolute atomic E-state index is 0. The van der Waals surface area contributed by atoms with Crippen LogP contribution in [-0.2, 0) is 29.2 Å². The summed E-state index contributed by atoms with van der Waals surface area (Å²) in [6.45, 7) is 0. The number of hydrogen-bond donors (Lipinski definition) is 0. The molecule has 0 amide bonds. The van der Waals surface area contributed by atoms with E-state index in [0.29, 0.717) is 0 Å². The van der Waals surface area contributed by atoms with Crippen molar-refractivity contribution in [1.29, 1.82) is 0 Å². The van der Waals surface area contributed by atoms with E-state index in [1.165, 1.54) is 0 Å². The van der Waals surface area contributed by atoms with Crippen LogP contribution in [0.3, 0.4) is 0 Å². The summed E-state index contributed by atoms with van der Waals surface area (Å²) in [6, 6.07) is 0. The average molecular weight is 122 g/mol. The van der Waals surface area contributed by atoms with Gasteiger partial charge in [0.05, 0.1) is 0 Å². The zero-order valence-corrected chi connectivity index (χ0v) is 5.25. The fourth-order valence-electron chi connectivity index (χ4n) is 0. The Bertz CT molecular complexity index is 8.00. The maximum atomic E-state index is 3.78. The van der Waals surface area contributed by atoms with E-state index in [1.807, 2.05) is 0 Å². The van der Waals surface area contributed by atoms with Crippen LogP contribution < -0.4 is 0 Å². The first-order chi connectivity index (χ1) is 1.00. The van der Waals surface area contributed by atoms with E-state index in [9.17, 15) is 0 Å². The molecule has 0 aliphatic heterocycles. The molecule has 0 aromatic carbocycles. The van der Waals surface area contributed by atoms with Gasteiger partial charge in [-0.25, -0.2) is 0 Å². The molecule has 18 valence electrons. The Labute approximate surface area is 55.9 Å². The maximum Gasteiger partial charge on any atom is 0.0464 e. The van der Waals surface area contributed by atoms with Crippen molar-refractivity contribution in [2.24, 2.45) is 0 Å². The zero-order chi connectivity index (χ0) is 2.00. The van der Waals surface area contributed by atoms with Crippen molar-refractivity contribution < 1.29 is 17.4 Å². The van der Waals surface area contributed by atoms with Gasteiger partial charge in [-0.15, -0.1) is 0 Å². The van der Waals surface area contributed by atoms with E-state index >= 15 is 0 Å². The fraction of sp³-hybridized carbons (Fsp3) is 0. The summed E-state index contributed by atoms with van der Waals surface area (Å²) in [7, 11) is 3.11. The van der Waals surface area contributed by atoms with E-state index < -0.39 is 0 Å². The first-order valence-corrected chi connectivity index (χ1v) is 1.64. The average Bonchev–Trinajstić information content (AvgIpc) is 1.00. The van der Waals surface area contributed by atoms with Crippen LogP contribution in [0.4, 0.5) is 0 Å². The molecule has 0 unspecified atom stereocenters. The molecule has 0 fully saturated rings. The summed E-state index contributed by atoms with van der Waals surface area (Å²) in [5.41, 5.74) is 0. The largest absolute Gasteiger partial charge is 0.0464 e. The van der Waals surface area contributed by atoms with Gasteiger partial charge >= 0.3 is 0 Å². The summed E-state index contributed by atoms with van der Waals surface area (Å²) in [6.07, 6.45) is 0. The van der Waals surface area contributed by atoms with Gasteiger partial charge in [0.2, 0.25) is 0 Å². The molecule has 0 nitrogen and oxygen atoms in total. The van der Waals surface area contributed by atoms with Crippen molar-refractivity contribution in [2.45, 2.75) is 0 Å². The van der Waals surface area contributed by atoms with Gasteiger partial charge in [-0.2, -0.15) is 0 Å². The van der Waals surface area contributed by atoms with Crippen LogP contribution in [0.25, 0.3) is 0 Å². The van der Waals surface area contributed by atoms with Gasteiger partial charge in [0, 0.05) is 44.2 Å². The Balaban J connectivity index is -0.00000000500. The Morgan fingerprint density at radius 2 is 1.25 bits per heavy atom. The molecule has 0 bridgehead atoms. The van der Waals surface area contributed by atoms with Crippen LogP contribution in [0.2, 0.25) is 0 Å². The first kappa shape index (κ1) is 17.4. The number of rotatable bonds is 0. The maximum absolute atomic E-state index is 3.78. The molecular formula is CrLiPS. The smallest absolute Gasteiger partial charge is 0.0464 e. The Morgan fingerprint density at radius 1 is 1.25 bits per heavy atom. The summed E-state index contributed by atoms with van der Waals surface area (Å²) in [5.74, 6) is 0. The second-order valence-corrected chi connectivity index (χ2v) is 0. The monoisotopic (exact) mass is 122 g/mol. The van der Waals surface area contributed by atoms with Crippen LogP contribution in [0.5, 0.6) is 0 Å². The second kappa shape index (κ2) is 22.8. The quantitative estimate of drug-likeness (QED) is 0.332. The summed E-state index contributed by atoms with van der Waals surface area (Å²) < 4.78 is 0. The predicted molar refractivity (Wildman–Crippen MR) is 20.0 cm³/mol.